The van der Waals surface area contributed by atoms with Crippen molar-refractivity contribution in [3.05, 3.63) is 58.1 Å². The Morgan fingerprint density at radius 3 is 2.70 bits per heavy atom. The number of rotatable bonds is 5. The van der Waals surface area contributed by atoms with Gasteiger partial charge in [-0.05, 0) is 38.1 Å². The summed E-state index contributed by atoms with van der Waals surface area (Å²) in [4.78, 5) is 12.5. The molecule has 1 aromatic heterocycles. The number of thioether (sulfide) groups is 1. The highest BCUT2D eigenvalue weighted by Crippen LogP contribution is 2.29. The van der Waals surface area contributed by atoms with Crippen LogP contribution in [0.15, 0.2) is 47.6 Å². The average Bonchev–Trinajstić information content (AvgIpc) is 2.98. The van der Waals surface area contributed by atoms with Crippen LogP contribution in [0.4, 0.5) is 5.69 Å². The fraction of sp³-hybridized carbons (Fsp3) is 0.211. The van der Waals surface area contributed by atoms with Crippen LogP contribution in [0.3, 0.4) is 0 Å². The molecular formula is C19H18Cl2N4OS. The maximum Gasteiger partial charge on any atom is 0.237 e. The second-order valence-corrected chi connectivity index (χ2v) is 8.26. The van der Waals surface area contributed by atoms with E-state index in [0.717, 1.165) is 17.0 Å². The Balaban J connectivity index is 1.73. The molecule has 1 N–H and O–H groups in total. The molecule has 0 saturated carbocycles. The Labute approximate surface area is 172 Å². The number of anilines is 1. The van der Waals surface area contributed by atoms with Crippen LogP contribution in [0.2, 0.25) is 10.0 Å². The summed E-state index contributed by atoms with van der Waals surface area (Å²) >= 11 is 13.4. The molecule has 8 heteroatoms. The van der Waals surface area contributed by atoms with E-state index < -0.39 is 5.25 Å². The van der Waals surface area contributed by atoms with Crippen LogP contribution in [0, 0.1) is 6.92 Å². The molecule has 0 aliphatic heterocycles. The number of nitrogens with one attached hydrogen (secondary N) is 1. The lowest BCUT2D eigenvalue weighted by atomic mass is 10.1. The molecule has 2 aromatic carbocycles. The number of amides is 1. The van der Waals surface area contributed by atoms with Gasteiger partial charge >= 0.3 is 0 Å². The van der Waals surface area contributed by atoms with E-state index in [1.165, 1.54) is 11.8 Å². The number of nitrogens with zero attached hydrogens (tertiary/aromatic N) is 3. The molecule has 0 aliphatic rings. The Bertz CT molecular complexity index is 990. The van der Waals surface area contributed by atoms with Crippen molar-refractivity contribution in [2.75, 3.05) is 5.32 Å². The molecule has 27 heavy (non-hydrogen) atoms. The fourth-order valence-corrected chi connectivity index (χ4v) is 3.64. The molecule has 3 aromatic rings. The Hall–Kier alpha value is -2.02. The van der Waals surface area contributed by atoms with Gasteiger partial charge in [0.1, 0.15) is 0 Å². The first-order valence-electron chi connectivity index (χ1n) is 8.24. The van der Waals surface area contributed by atoms with Gasteiger partial charge in [-0.25, -0.2) is 0 Å². The SMILES string of the molecule is Cc1cccc(-c2nnc(SC(C)C(=O)Nc3cc(Cl)ccc3Cl)n2C)c1. The molecule has 1 unspecified atom stereocenters. The monoisotopic (exact) mass is 420 g/mol. The zero-order valence-electron chi connectivity index (χ0n) is 15.0. The van der Waals surface area contributed by atoms with Crippen LogP contribution >= 0.6 is 35.0 Å². The summed E-state index contributed by atoms with van der Waals surface area (Å²) in [5.74, 6) is 0.566. The van der Waals surface area contributed by atoms with Crippen LogP contribution in [-0.2, 0) is 11.8 Å². The topological polar surface area (TPSA) is 59.8 Å². The van der Waals surface area contributed by atoms with E-state index in [1.807, 2.05) is 36.7 Å². The van der Waals surface area contributed by atoms with Gasteiger partial charge in [-0.15, -0.1) is 10.2 Å². The number of hydrogen-bond donors (Lipinski definition) is 1. The van der Waals surface area contributed by atoms with Crippen molar-refractivity contribution in [2.24, 2.45) is 7.05 Å². The van der Waals surface area contributed by atoms with E-state index in [4.69, 9.17) is 23.2 Å². The summed E-state index contributed by atoms with van der Waals surface area (Å²) < 4.78 is 1.88. The van der Waals surface area contributed by atoms with E-state index in [9.17, 15) is 4.79 Å². The van der Waals surface area contributed by atoms with Crippen LogP contribution in [0.1, 0.15) is 12.5 Å². The van der Waals surface area contributed by atoms with E-state index in [-0.39, 0.29) is 5.91 Å². The molecule has 1 amide bonds. The minimum absolute atomic E-state index is 0.190. The minimum atomic E-state index is -0.395. The summed E-state index contributed by atoms with van der Waals surface area (Å²) in [7, 11) is 1.89. The lowest BCUT2D eigenvalue weighted by molar-refractivity contribution is -0.115. The van der Waals surface area contributed by atoms with Gasteiger partial charge in [0.15, 0.2) is 11.0 Å². The van der Waals surface area contributed by atoms with E-state index in [0.29, 0.717) is 20.9 Å². The van der Waals surface area contributed by atoms with Crippen molar-refractivity contribution < 1.29 is 4.79 Å². The standard InChI is InChI=1S/C19H18Cl2N4OS/c1-11-5-4-6-13(9-11)17-23-24-19(25(17)3)27-12(2)18(26)22-16-10-14(20)7-8-15(16)21/h4-10,12H,1-3H3,(H,22,26). The number of hydrogen-bond acceptors (Lipinski definition) is 4. The van der Waals surface area contributed by atoms with Crippen LogP contribution < -0.4 is 5.32 Å². The number of aryl methyl sites for hydroxylation is 1. The van der Waals surface area contributed by atoms with Crippen molar-refractivity contribution in [1.29, 1.82) is 0 Å². The highest BCUT2D eigenvalue weighted by molar-refractivity contribution is 8.00. The summed E-state index contributed by atoms with van der Waals surface area (Å²) in [6.07, 6.45) is 0. The number of carbonyl (C=O) groups excluding carboxylic acids is 1. The van der Waals surface area contributed by atoms with Gasteiger partial charge in [-0.2, -0.15) is 0 Å². The molecule has 3 rings (SSSR count). The van der Waals surface area contributed by atoms with E-state index in [2.05, 4.69) is 21.6 Å². The smallest absolute Gasteiger partial charge is 0.237 e. The molecule has 140 valence electrons. The predicted octanol–water partition coefficient (Wildman–Crippen LogP) is 5.22. The summed E-state index contributed by atoms with van der Waals surface area (Å²) in [6.45, 7) is 3.84. The molecule has 1 heterocycles. The van der Waals surface area contributed by atoms with Crippen molar-refractivity contribution in [2.45, 2.75) is 24.3 Å². The molecule has 0 bridgehead atoms. The van der Waals surface area contributed by atoms with Crippen LogP contribution in [-0.4, -0.2) is 25.9 Å². The van der Waals surface area contributed by atoms with Crippen molar-refractivity contribution in [1.82, 2.24) is 14.8 Å². The number of benzene rings is 2. The Morgan fingerprint density at radius 2 is 1.96 bits per heavy atom. The minimum Gasteiger partial charge on any atom is -0.324 e. The van der Waals surface area contributed by atoms with Crippen molar-refractivity contribution >= 4 is 46.6 Å². The molecular weight excluding hydrogens is 403 g/mol. The lowest BCUT2D eigenvalue weighted by Crippen LogP contribution is -2.23. The maximum atomic E-state index is 12.5. The molecule has 0 aliphatic carbocycles. The average molecular weight is 421 g/mol. The number of halogens is 2. The van der Waals surface area contributed by atoms with Gasteiger partial charge < -0.3 is 9.88 Å². The molecule has 0 saturated heterocycles. The van der Waals surface area contributed by atoms with Crippen molar-refractivity contribution in [3.8, 4) is 11.4 Å². The Morgan fingerprint density at radius 1 is 1.19 bits per heavy atom. The molecule has 0 radical (unpaired) electrons. The van der Waals surface area contributed by atoms with Gasteiger partial charge in [0.2, 0.25) is 5.91 Å². The normalized spacial score (nSPS) is 12.0. The number of carbonyl (C=O) groups is 1. The molecule has 0 spiro atoms. The predicted molar refractivity (Wildman–Crippen MR) is 112 cm³/mol. The first-order valence-corrected chi connectivity index (χ1v) is 9.87. The van der Waals surface area contributed by atoms with Gasteiger partial charge in [0.05, 0.1) is 16.0 Å². The third kappa shape index (κ3) is 4.64. The highest BCUT2D eigenvalue weighted by Gasteiger charge is 2.20. The fourth-order valence-electron chi connectivity index (χ4n) is 2.49. The first-order chi connectivity index (χ1) is 12.8. The van der Waals surface area contributed by atoms with Crippen molar-refractivity contribution in [3.63, 3.8) is 0 Å². The van der Waals surface area contributed by atoms with Gasteiger partial charge in [-0.1, -0.05) is 58.7 Å². The third-order valence-corrected chi connectivity index (χ3v) is 5.65. The summed E-state index contributed by atoms with van der Waals surface area (Å²) in [5, 5.41) is 12.5. The van der Waals surface area contributed by atoms with E-state index in [1.54, 1.807) is 25.1 Å². The zero-order valence-corrected chi connectivity index (χ0v) is 17.4. The molecule has 1 atom stereocenters. The largest absolute Gasteiger partial charge is 0.324 e. The van der Waals surface area contributed by atoms with Gasteiger partial charge in [0, 0.05) is 17.6 Å². The highest BCUT2D eigenvalue weighted by atomic mass is 35.5. The van der Waals surface area contributed by atoms with Crippen LogP contribution in [0.25, 0.3) is 11.4 Å². The molecule has 0 fully saturated rings. The summed E-state index contributed by atoms with van der Waals surface area (Å²) in [6, 6.07) is 13.0. The van der Waals surface area contributed by atoms with Gasteiger partial charge in [0.25, 0.3) is 0 Å². The second-order valence-electron chi connectivity index (χ2n) is 6.11. The van der Waals surface area contributed by atoms with E-state index >= 15 is 0 Å². The zero-order chi connectivity index (χ0) is 19.6. The number of aromatic nitrogens is 3. The first kappa shape index (κ1) is 19.7. The maximum absolute atomic E-state index is 12.5. The van der Waals surface area contributed by atoms with Gasteiger partial charge in [-0.3, -0.25) is 4.79 Å². The third-order valence-electron chi connectivity index (χ3n) is 3.95. The second kappa shape index (κ2) is 8.33. The van der Waals surface area contributed by atoms with Crippen LogP contribution in [0.5, 0.6) is 0 Å². The molecule has 5 nitrogen and oxygen atoms in total. The quantitative estimate of drug-likeness (QED) is 0.574. The Kier molecular flexibility index (Phi) is 6.09. The summed E-state index contributed by atoms with van der Waals surface area (Å²) in [5.41, 5.74) is 2.62. The lowest BCUT2D eigenvalue weighted by Gasteiger charge is -2.13.